The fraction of sp³-hybridized carbons (Fsp3) is 1.00. The van der Waals surface area contributed by atoms with Crippen LogP contribution in [0.15, 0.2) is 0 Å². The van der Waals surface area contributed by atoms with Crippen LogP contribution in [0.5, 0.6) is 0 Å². The van der Waals surface area contributed by atoms with Gasteiger partial charge in [-0.05, 0) is 24.2 Å². The zero-order valence-electron chi connectivity index (χ0n) is 10.3. The van der Waals surface area contributed by atoms with E-state index in [1.807, 2.05) is 13.8 Å². The molecule has 0 aromatic carbocycles. The normalized spacial score (nSPS) is 31.6. The SMILES string of the molecule is CCC1CCCCC1C(O)C(O)C(C)C. The maximum Gasteiger partial charge on any atom is 0.0832 e. The van der Waals surface area contributed by atoms with Gasteiger partial charge in [-0.3, -0.25) is 0 Å². The van der Waals surface area contributed by atoms with Crippen LogP contribution in [0.2, 0.25) is 0 Å². The molecular formula is C13H26O2. The van der Waals surface area contributed by atoms with Crippen molar-refractivity contribution >= 4 is 0 Å². The molecule has 0 saturated heterocycles. The van der Waals surface area contributed by atoms with E-state index >= 15 is 0 Å². The lowest BCUT2D eigenvalue weighted by Crippen LogP contribution is -2.41. The van der Waals surface area contributed by atoms with Gasteiger partial charge in [-0.1, -0.05) is 46.5 Å². The van der Waals surface area contributed by atoms with Crippen LogP contribution in [-0.2, 0) is 0 Å². The molecule has 4 unspecified atom stereocenters. The summed E-state index contributed by atoms with van der Waals surface area (Å²) in [6.07, 6.45) is 4.87. The van der Waals surface area contributed by atoms with Crippen molar-refractivity contribution in [1.29, 1.82) is 0 Å². The highest BCUT2D eigenvalue weighted by atomic mass is 16.3. The molecule has 15 heavy (non-hydrogen) atoms. The second kappa shape index (κ2) is 5.86. The number of aliphatic hydroxyl groups excluding tert-OH is 2. The summed E-state index contributed by atoms with van der Waals surface area (Å²) >= 11 is 0. The van der Waals surface area contributed by atoms with Crippen molar-refractivity contribution in [2.75, 3.05) is 0 Å². The molecule has 2 heteroatoms. The van der Waals surface area contributed by atoms with Gasteiger partial charge in [-0.2, -0.15) is 0 Å². The highest BCUT2D eigenvalue weighted by molar-refractivity contribution is 4.84. The molecule has 90 valence electrons. The lowest BCUT2D eigenvalue weighted by Gasteiger charge is -2.37. The molecular weight excluding hydrogens is 188 g/mol. The minimum Gasteiger partial charge on any atom is -0.390 e. The first-order chi connectivity index (χ1) is 7.07. The predicted octanol–water partition coefficient (Wildman–Crippen LogP) is 2.58. The van der Waals surface area contributed by atoms with Crippen molar-refractivity contribution in [2.45, 2.75) is 65.1 Å². The molecule has 1 aliphatic rings. The van der Waals surface area contributed by atoms with E-state index in [0.717, 1.165) is 12.8 Å². The van der Waals surface area contributed by atoms with Gasteiger partial charge in [0.25, 0.3) is 0 Å². The van der Waals surface area contributed by atoms with E-state index in [9.17, 15) is 10.2 Å². The van der Waals surface area contributed by atoms with Crippen molar-refractivity contribution in [2.24, 2.45) is 17.8 Å². The summed E-state index contributed by atoms with van der Waals surface area (Å²) < 4.78 is 0. The van der Waals surface area contributed by atoms with Crippen LogP contribution >= 0.6 is 0 Å². The Balaban J connectivity index is 2.58. The van der Waals surface area contributed by atoms with Gasteiger partial charge in [-0.15, -0.1) is 0 Å². The Kier molecular flexibility index (Phi) is 5.07. The second-order valence-corrected chi connectivity index (χ2v) is 5.34. The topological polar surface area (TPSA) is 40.5 Å². The van der Waals surface area contributed by atoms with Gasteiger partial charge in [0.15, 0.2) is 0 Å². The first kappa shape index (κ1) is 13.0. The monoisotopic (exact) mass is 214 g/mol. The lowest BCUT2D eigenvalue weighted by molar-refractivity contribution is -0.0642. The third-order valence-corrected chi connectivity index (χ3v) is 3.96. The summed E-state index contributed by atoms with van der Waals surface area (Å²) in [5.74, 6) is 1.09. The average molecular weight is 214 g/mol. The molecule has 1 saturated carbocycles. The third kappa shape index (κ3) is 3.18. The molecule has 1 rings (SSSR count). The van der Waals surface area contributed by atoms with Crippen LogP contribution in [0.3, 0.4) is 0 Å². The van der Waals surface area contributed by atoms with Crippen molar-refractivity contribution < 1.29 is 10.2 Å². The first-order valence-corrected chi connectivity index (χ1v) is 6.44. The Bertz CT molecular complexity index is 179. The fourth-order valence-corrected chi connectivity index (χ4v) is 2.84. The van der Waals surface area contributed by atoms with Gasteiger partial charge >= 0.3 is 0 Å². The number of hydrogen-bond donors (Lipinski definition) is 2. The summed E-state index contributed by atoms with van der Waals surface area (Å²) in [6, 6.07) is 0. The highest BCUT2D eigenvalue weighted by Gasteiger charge is 2.34. The van der Waals surface area contributed by atoms with Gasteiger partial charge < -0.3 is 10.2 Å². The van der Waals surface area contributed by atoms with Crippen molar-refractivity contribution in [3.63, 3.8) is 0 Å². The van der Waals surface area contributed by atoms with Crippen LogP contribution in [0.1, 0.15) is 52.9 Å². The molecule has 0 heterocycles. The standard InChI is InChI=1S/C13H26O2/c1-4-10-7-5-6-8-11(10)13(15)12(14)9(2)3/h9-15H,4-8H2,1-3H3. The molecule has 0 aromatic rings. The quantitative estimate of drug-likeness (QED) is 0.755. The van der Waals surface area contributed by atoms with E-state index in [1.165, 1.54) is 19.3 Å². The summed E-state index contributed by atoms with van der Waals surface area (Å²) in [7, 11) is 0. The van der Waals surface area contributed by atoms with Crippen LogP contribution < -0.4 is 0 Å². The van der Waals surface area contributed by atoms with E-state index in [4.69, 9.17) is 0 Å². The Hall–Kier alpha value is -0.0800. The number of rotatable bonds is 4. The van der Waals surface area contributed by atoms with Crippen LogP contribution in [0.25, 0.3) is 0 Å². The molecule has 0 bridgehead atoms. The molecule has 0 aromatic heterocycles. The summed E-state index contributed by atoms with van der Waals surface area (Å²) in [5, 5.41) is 20.1. The summed E-state index contributed by atoms with van der Waals surface area (Å²) in [5.41, 5.74) is 0. The summed E-state index contributed by atoms with van der Waals surface area (Å²) in [6.45, 7) is 6.13. The van der Waals surface area contributed by atoms with Gasteiger partial charge in [-0.25, -0.2) is 0 Å². The maximum atomic E-state index is 10.2. The van der Waals surface area contributed by atoms with E-state index in [0.29, 0.717) is 11.8 Å². The number of hydrogen-bond acceptors (Lipinski definition) is 2. The van der Waals surface area contributed by atoms with E-state index < -0.39 is 12.2 Å². The minimum atomic E-state index is -0.554. The summed E-state index contributed by atoms with van der Waals surface area (Å²) in [4.78, 5) is 0. The zero-order valence-corrected chi connectivity index (χ0v) is 10.3. The molecule has 2 nitrogen and oxygen atoms in total. The molecule has 4 atom stereocenters. The lowest BCUT2D eigenvalue weighted by atomic mass is 9.73. The molecule has 2 N–H and O–H groups in total. The minimum absolute atomic E-state index is 0.152. The Morgan fingerprint density at radius 2 is 1.73 bits per heavy atom. The van der Waals surface area contributed by atoms with Crippen LogP contribution in [-0.4, -0.2) is 22.4 Å². The van der Waals surface area contributed by atoms with E-state index in [2.05, 4.69) is 6.92 Å². The van der Waals surface area contributed by atoms with Crippen molar-refractivity contribution in [3.05, 3.63) is 0 Å². The molecule has 0 aliphatic heterocycles. The maximum absolute atomic E-state index is 10.2. The van der Waals surface area contributed by atoms with Gasteiger partial charge in [0.05, 0.1) is 12.2 Å². The Morgan fingerprint density at radius 1 is 1.13 bits per heavy atom. The molecule has 1 fully saturated rings. The van der Waals surface area contributed by atoms with Crippen LogP contribution in [0, 0.1) is 17.8 Å². The second-order valence-electron chi connectivity index (χ2n) is 5.34. The van der Waals surface area contributed by atoms with Crippen molar-refractivity contribution in [1.82, 2.24) is 0 Å². The highest BCUT2D eigenvalue weighted by Crippen LogP contribution is 2.36. The van der Waals surface area contributed by atoms with Gasteiger partial charge in [0.1, 0.15) is 0 Å². The molecule has 0 spiro atoms. The van der Waals surface area contributed by atoms with Gasteiger partial charge in [0.2, 0.25) is 0 Å². The first-order valence-electron chi connectivity index (χ1n) is 6.44. The third-order valence-electron chi connectivity index (χ3n) is 3.96. The van der Waals surface area contributed by atoms with E-state index in [-0.39, 0.29) is 5.92 Å². The fourth-order valence-electron chi connectivity index (χ4n) is 2.84. The van der Waals surface area contributed by atoms with Gasteiger partial charge in [0, 0.05) is 0 Å². The van der Waals surface area contributed by atoms with Crippen LogP contribution in [0.4, 0.5) is 0 Å². The number of aliphatic hydroxyl groups is 2. The predicted molar refractivity (Wildman–Crippen MR) is 62.6 cm³/mol. The average Bonchev–Trinajstić information content (AvgIpc) is 2.26. The Labute approximate surface area is 93.7 Å². The molecule has 0 amide bonds. The van der Waals surface area contributed by atoms with E-state index in [1.54, 1.807) is 0 Å². The Morgan fingerprint density at radius 3 is 2.27 bits per heavy atom. The van der Waals surface area contributed by atoms with Crippen molar-refractivity contribution in [3.8, 4) is 0 Å². The smallest absolute Gasteiger partial charge is 0.0832 e. The largest absolute Gasteiger partial charge is 0.390 e. The molecule has 1 aliphatic carbocycles. The zero-order chi connectivity index (χ0) is 11.4. The molecule has 0 radical (unpaired) electrons.